The Balaban J connectivity index is 1.45. The van der Waals surface area contributed by atoms with Crippen molar-refractivity contribution in [1.82, 2.24) is 15.1 Å². The van der Waals surface area contributed by atoms with Gasteiger partial charge >= 0.3 is 0 Å². The number of nitrogens with one attached hydrogen (secondary N) is 2. The molecule has 0 spiro atoms. The summed E-state index contributed by atoms with van der Waals surface area (Å²) in [7, 11) is 0. The van der Waals surface area contributed by atoms with E-state index < -0.39 is 11.7 Å². The molecule has 4 N–H and O–H groups in total. The van der Waals surface area contributed by atoms with Crippen LogP contribution in [0.1, 0.15) is 51.8 Å². The van der Waals surface area contributed by atoms with Gasteiger partial charge in [-0.2, -0.15) is 10.4 Å². The molecule has 186 valence electrons. The van der Waals surface area contributed by atoms with Gasteiger partial charge in [0.25, 0.3) is 5.91 Å². The van der Waals surface area contributed by atoms with Crippen LogP contribution in [0.5, 0.6) is 0 Å². The van der Waals surface area contributed by atoms with Gasteiger partial charge in [-0.25, -0.2) is 9.07 Å². The van der Waals surface area contributed by atoms with E-state index in [4.69, 9.17) is 5.73 Å². The first-order chi connectivity index (χ1) is 18.1. The number of anilines is 1. The lowest BCUT2D eigenvalue weighted by atomic mass is 9.97. The molecule has 8 heteroatoms. The number of rotatable bonds is 9. The van der Waals surface area contributed by atoms with Gasteiger partial charge in [0.05, 0.1) is 17.4 Å². The second-order valence-corrected chi connectivity index (χ2v) is 9.20. The third-order valence-electron chi connectivity index (χ3n) is 6.46. The van der Waals surface area contributed by atoms with Crippen LogP contribution in [0.2, 0.25) is 0 Å². The first-order valence-electron chi connectivity index (χ1n) is 12.2. The smallest absolute Gasteiger partial charge is 0.274 e. The van der Waals surface area contributed by atoms with E-state index in [1.54, 1.807) is 30.3 Å². The predicted molar refractivity (Wildman–Crippen MR) is 140 cm³/mol. The van der Waals surface area contributed by atoms with Crippen LogP contribution >= 0.6 is 0 Å². The summed E-state index contributed by atoms with van der Waals surface area (Å²) < 4.78 is 16.3. The van der Waals surface area contributed by atoms with Crippen LogP contribution in [-0.2, 0) is 6.54 Å². The molecular weight excluding hydrogens is 467 g/mol. The SMILES string of the molecule is N#Cc1cc(C(=O)Nc2cc(C(NCC3CC3)c3ccccc3)ccc2F)n(-c2cccc(CN)c2)n1. The number of hydrogen-bond donors (Lipinski definition) is 3. The Labute approximate surface area is 214 Å². The molecule has 1 atom stereocenters. The molecule has 37 heavy (non-hydrogen) atoms. The number of halogens is 1. The minimum Gasteiger partial charge on any atom is -0.326 e. The summed E-state index contributed by atoms with van der Waals surface area (Å²) in [5, 5.41) is 19.9. The average molecular weight is 495 g/mol. The molecule has 1 aromatic heterocycles. The molecule has 0 radical (unpaired) electrons. The van der Waals surface area contributed by atoms with Gasteiger partial charge in [-0.1, -0.05) is 48.5 Å². The summed E-state index contributed by atoms with van der Waals surface area (Å²) in [4.78, 5) is 13.3. The van der Waals surface area contributed by atoms with Gasteiger partial charge in [-0.05, 0) is 66.3 Å². The summed E-state index contributed by atoms with van der Waals surface area (Å²) in [6.07, 6.45) is 2.43. The highest BCUT2D eigenvalue weighted by atomic mass is 19.1. The summed E-state index contributed by atoms with van der Waals surface area (Å²) in [6.45, 7) is 1.19. The summed E-state index contributed by atoms with van der Waals surface area (Å²) >= 11 is 0. The minimum atomic E-state index is -0.578. The van der Waals surface area contributed by atoms with Crippen LogP contribution in [0.4, 0.5) is 10.1 Å². The highest BCUT2D eigenvalue weighted by Crippen LogP contribution is 2.31. The highest BCUT2D eigenvalue weighted by molar-refractivity contribution is 6.03. The predicted octanol–water partition coefficient (Wildman–Crippen LogP) is 4.68. The fourth-order valence-corrected chi connectivity index (χ4v) is 4.29. The first kappa shape index (κ1) is 24.4. The molecule has 1 heterocycles. The maximum absolute atomic E-state index is 14.9. The number of carbonyl (C=O) groups is 1. The normalized spacial score (nSPS) is 13.6. The standard InChI is InChI=1S/C29H27FN6O/c30-25-12-11-22(28(33-18-19-9-10-19)21-6-2-1-3-7-21)14-26(25)34-29(37)27-15-23(17-32)35-36(27)24-8-4-5-20(13-24)16-31/h1-8,11-15,19,28,33H,9-10,16,18,31H2,(H,34,37). The molecule has 4 aromatic rings. The number of amides is 1. The molecule has 5 rings (SSSR count). The molecule has 0 aliphatic heterocycles. The van der Waals surface area contributed by atoms with Crippen molar-refractivity contribution in [3.63, 3.8) is 0 Å². The molecule has 1 aliphatic rings. The van der Waals surface area contributed by atoms with Crippen molar-refractivity contribution in [2.24, 2.45) is 11.7 Å². The largest absolute Gasteiger partial charge is 0.326 e. The summed E-state index contributed by atoms with van der Waals surface area (Å²) in [5.41, 5.74) is 9.33. The van der Waals surface area contributed by atoms with Gasteiger partial charge in [0.2, 0.25) is 0 Å². The van der Waals surface area contributed by atoms with Gasteiger partial charge < -0.3 is 16.4 Å². The molecule has 3 aromatic carbocycles. The van der Waals surface area contributed by atoms with E-state index in [-0.39, 0.29) is 23.1 Å². The Bertz CT molecular complexity index is 1460. The van der Waals surface area contributed by atoms with E-state index in [1.807, 2.05) is 42.5 Å². The zero-order valence-corrected chi connectivity index (χ0v) is 20.2. The van der Waals surface area contributed by atoms with Crippen molar-refractivity contribution in [3.8, 4) is 11.8 Å². The van der Waals surface area contributed by atoms with E-state index in [2.05, 4.69) is 15.7 Å². The molecule has 1 amide bonds. The van der Waals surface area contributed by atoms with Crippen molar-refractivity contribution in [2.75, 3.05) is 11.9 Å². The number of nitriles is 1. The molecule has 0 bridgehead atoms. The monoisotopic (exact) mass is 494 g/mol. The molecule has 0 saturated heterocycles. The lowest BCUT2D eigenvalue weighted by molar-refractivity contribution is 0.101. The van der Waals surface area contributed by atoms with E-state index >= 15 is 0 Å². The van der Waals surface area contributed by atoms with E-state index in [0.717, 1.165) is 23.2 Å². The van der Waals surface area contributed by atoms with Gasteiger partial charge in [0, 0.05) is 12.6 Å². The van der Waals surface area contributed by atoms with Crippen LogP contribution in [0.25, 0.3) is 5.69 Å². The fourth-order valence-electron chi connectivity index (χ4n) is 4.29. The number of aromatic nitrogens is 2. The summed E-state index contributed by atoms with van der Waals surface area (Å²) in [6, 6.07) is 25.2. The number of carbonyl (C=O) groups excluding carboxylic acids is 1. The van der Waals surface area contributed by atoms with Crippen molar-refractivity contribution in [1.29, 1.82) is 5.26 Å². The van der Waals surface area contributed by atoms with Crippen LogP contribution < -0.4 is 16.4 Å². The van der Waals surface area contributed by atoms with Crippen molar-refractivity contribution in [2.45, 2.75) is 25.4 Å². The van der Waals surface area contributed by atoms with Gasteiger partial charge in [-0.15, -0.1) is 0 Å². The Morgan fingerprint density at radius 2 is 1.89 bits per heavy atom. The Hall–Kier alpha value is -4.32. The third kappa shape index (κ3) is 5.59. The lowest BCUT2D eigenvalue weighted by Gasteiger charge is -2.21. The van der Waals surface area contributed by atoms with E-state index in [0.29, 0.717) is 18.2 Å². The first-order valence-corrected chi connectivity index (χ1v) is 12.2. The average Bonchev–Trinajstić information content (AvgIpc) is 3.66. The topological polar surface area (TPSA) is 109 Å². The molecule has 1 unspecified atom stereocenters. The molecular formula is C29H27FN6O. The second kappa shape index (κ2) is 10.7. The zero-order valence-electron chi connectivity index (χ0n) is 20.2. The molecule has 1 fully saturated rings. The van der Waals surface area contributed by atoms with Crippen LogP contribution in [0.3, 0.4) is 0 Å². The van der Waals surface area contributed by atoms with Gasteiger partial charge in [0.15, 0.2) is 5.69 Å². The van der Waals surface area contributed by atoms with E-state index in [1.165, 1.54) is 29.7 Å². The van der Waals surface area contributed by atoms with Crippen molar-refractivity contribution in [3.05, 3.63) is 113 Å². The lowest BCUT2D eigenvalue weighted by Crippen LogP contribution is -2.25. The van der Waals surface area contributed by atoms with Gasteiger partial charge in [0.1, 0.15) is 17.6 Å². The maximum atomic E-state index is 14.9. The second-order valence-electron chi connectivity index (χ2n) is 9.20. The fraction of sp³-hybridized carbons (Fsp3) is 0.207. The quantitative estimate of drug-likeness (QED) is 0.313. The van der Waals surface area contributed by atoms with E-state index in [9.17, 15) is 14.4 Å². The zero-order chi connectivity index (χ0) is 25.8. The van der Waals surface area contributed by atoms with Crippen LogP contribution in [0.15, 0.2) is 78.9 Å². The summed E-state index contributed by atoms with van der Waals surface area (Å²) in [5.74, 6) is -0.466. The highest BCUT2D eigenvalue weighted by Gasteiger charge is 2.24. The van der Waals surface area contributed by atoms with Crippen molar-refractivity contribution >= 4 is 11.6 Å². The number of hydrogen-bond acceptors (Lipinski definition) is 5. The Morgan fingerprint density at radius 1 is 1.08 bits per heavy atom. The third-order valence-corrected chi connectivity index (χ3v) is 6.46. The molecule has 7 nitrogen and oxygen atoms in total. The number of benzene rings is 3. The van der Waals surface area contributed by atoms with Crippen LogP contribution in [-0.4, -0.2) is 22.2 Å². The van der Waals surface area contributed by atoms with Crippen LogP contribution in [0, 0.1) is 23.1 Å². The number of nitrogens with zero attached hydrogens (tertiary/aromatic N) is 3. The Morgan fingerprint density at radius 3 is 2.62 bits per heavy atom. The van der Waals surface area contributed by atoms with Gasteiger partial charge in [-0.3, -0.25) is 4.79 Å². The number of nitrogens with two attached hydrogens (primary N) is 1. The van der Waals surface area contributed by atoms with Crippen molar-refractivity contribution < 1.29 is 9.18 Å². The Kier molecular flexibility index (Phi) is 7.08. The minimum absolute atomic E-state index is 0.0543. The molecule has 1 aliphatic carbocycles. The molecule has 1 saturated carbocycles. The maximum Gasteiger partial charge on any atom is 0.274 e.